The van der Waals surface area contributed by atoms with Crippen molar-refractivity contribution in [3.8, 4) is 11.1 Å². The van der Waals surface area contributed by atoms with Crippen LogP contribution in [0, 0.1) is 0 Å². The molecule has 1 aliphatic rings. The molecule has 0 amide bonds. The number of hydrogen-bond acceptors (Lipinski definition) is 4. The van der Waals surface area contributed by atoms with E-state index in [0.29, 0.717) is 6.54 Å². The maximum Gasteiger partial charge on any atom is 0.263 e. The van der Waals surface area contributed by atoms with Crippen molar-refractivity contribution < 1.29 is 0 Å². The largest absolute Gasteiger partial charge is 0.294 e. The first-order chi connectivity index (χ1) is 13.2. The Balaban J connectivity index is 1.61. The molecule has 0 atom stereocenters. The molecular weight excluding hydrogens is 356 g/mol. The van der Waals surface area contributed by atoms with Gasteiger partial charge in [-0.25, -0.2) is 4.98 Å². The number of rotatable bonds is 3. The van der Waals surface area contributed by atoms with E-state index in [9.17, 15) is 4.79 Å². The minimum absolute atomic E-state index is 0.0119. The van der Waals surface area contributed by atoms with Crippen LogP contribution in [0.1, 0.15) is 29.5 Å². The predicted octanol–water partition coefficient (Wildman–Crippen LogP) is 3.79. The summed E-state index contributed by atoms with van der Waals surface area (Å²) < 4.78 is 3.42. The molecule has 0 radical (unpaired) electrons. The average Bonchev–Trinajstić information content (AvgIpc) is 3.30. The fraction of sp³-hybridized carbons (Fsp3) is 0.286. The lowest BCUT2D eigenvalue weighted by atomic mass is 9.89. The molecule has 5 nitrogen and oxygen atoms in total. The van der Waals surface area contributed by atoms with E-state index in [-0.39, 0.29) is 5.56 Å². The number of hydrogen-bond donors (Lipinski definition) is 0. The summed E-state index contributed by atoms with van der Waals surface area (Å²) in [5.41, 5.74) is 6.01. The molecule has 6 heteroatoms. The van der Waals surface area contributed by atoms with Crippen LogP contribution >= 0.6 is 11.3 Å². The van der Waals surface area contributed by atoms with E-state index in [0.717, 1.165) is 33.3 Å². The Morgan fingerprint density at radius 2 is 2.04 bits per heavy atom. The molecule has 27 heavy (non-hydrogen) atoms. The van der Waals surface area contributed by atoms with E-state index in [1.165, 1.54) is 41.7 Å². The molecule has 0 N–H and O–H groups in total. The number of thiophene rings is 1. The molecule has 1 aromatic carbocycles. The zero-order chi connectivity index (χ0) is 18.4. The van der Waals surface area contributed by atoms with Gasteiger partial charge in [0, 0.05) is 29.8 Å². The van der Waals surface area contributed by atoms with Gasteiger partial charge in [-0.1, -0.05) is 18.2 Å². The highest BCUT2D eigenvalue weighted by Crippen LogP contribution is 2.33. The van der Waals surface area contributed by atoms with Gasteiger partial charge in [-0.05, 0) is 42.4 Å². The quantitative estimate of drug-likeness (QED) is 0.547. The highest BCUT2D eigenvalue weighted by molar-refractivity contribution is 7.17. The van der Waals surface area contributed by atoms with Crippen molar-refractivity contribution in [2.24, 2.45) is 7.05 Å². The molecule has 1 aliphatic carbocycles. The Morgan fingerprint density at radius 1 is 1.19 bits per heavy atom. The predicted molar refractivity (Wildman–Crippen MR) is 108 cm³/mol. The lowest BCUT2D eigenvalue weighted by Gasteiger charge is -2.16. The van der Waals surface area contributed by atoms with Gasteiger partial charge in [-0.15, -0.1) is 11.3 Å². The first-order valence-electron chi connectivity index (χ1n) is 9.25. The second kappa shape index (κ2) is 6.46. The Hall–Kier alpha value is -2.73. The van der Waals surface area contributed by atoms with Crippen molar-refractivity contribution in [2.75, 3.05) is 0 Å². The topological polar surface area (TPSA) is 52.7 Å². The van der Waals surface area contributed by atoms with Gasteiger partial charge in [0.05, 0.1) is 24.5 Å². The van der Waals surface area contributed by atoms with Crippen LogP contribution < -0.4 is 5.56 Å². The molecule has 0 aliphatic heterocycles. The van der Waals surface area contributed by atoms with Gasteiger partial charge in [-0.3, -0.25) is 14.0 Å². The zero-order valence-electron chi connectivity index (χ0n) is 15.2. The maximum atomic E-state index is 13.2. The van der Waals surface area contributed by atoms with Gasteiger partial charge >= 0.3 is 0 Å². The highest BCUT2D eigenvalue weighted by atomic mass is 32.1. The summed E-state index contributed by atoms with van der Waals surface area (Å²) in [6.07, 6.45) is 10.2. The summed E-state index contributed by atoms with van der Waals surface area (Å²) in [5.74, 6) is 0. The second-order valence-corrected chi connectivity index (χ2v) is 8.08. The summed E-state index contributed by atoms with van der Waals surface area (Å²) >= 11 is 1.54. The van der Waals surface area contributed by atoms with Crippen LogP contribution in [-0.4, -0.2) is 19.3 Å². The third-order valence-electron chi connectivity index (χ3n) is 5.33. The molecule has 0 saturated carbocycles. The van der Waals surface area contributed by atoms with Crippen LogP contribution in [0.25, 0.3) is 21.3 Å². The fourth-order valence-corrected chi connectivity index (χ4v) is 4.85. The van der Waals surface area contributed by atoms with Crippen molar-refractivity contribution >= 4 is 21.6 Å². The molecule has 0 bridgehead atoms. The van der Waals surface area contributed by atoms with Crippen molar-refractivity contribution in [1.29, 1.82) is 0 Å². The van der Waals surface area contributed by atoms with Gasteiger partial charge in [0.2, 0.25) is 0 Å². The molecule has 136 valence electrons. The van der Waals surface area contributed by atoms with Crippen LogP contribution in [-0.2, 0) is 26.4 Å². The number of fused-ring (bicyclic) bond motifs is 2. The number of benzene rings is 1. The summed E-state index contributed by atoms with van der Waals surface area (Å²) in [6, 6.07) is 6.66. The first-order valence-corrected chi connectivity index (χ1v) is 10.1. The Labute approximate surface area is 160 Å². The van der Waals surface area contributed by atoms with E-state index in [1.54, 1.807) is 21.8 Å². The summed E-state index contributed by atoms with van der Waals surface area (Å²) in [4.78, 5) is 18.5. The number of aromatic nitrogens is 4. The van der Waals surface area contributed by atoms with Crippen molar-refractivity contribution in [1.82, 2.24) is 19.3 Å². The molecular formula is C21H20N4OS. The van der Waals surface area contributed by atoms with Gasteiger partial charge in [-0.2, -0.15) is 5.10 Å². The van der Waals surface area contributed by atoms with Crippen molar-refractivity contribution in [3.05, 3.63) is 69.3 Å². The van der Waals surface area contributed by atoms with Crippen LogP contribution in [0.5, 0.6) is 0 Å². The average molecular weight is 376 g/mol. The SMILES string of the molecule is Cn1cc(Cn2cnc3scc(-c4ccc5c(c4)CCCC5)c3c2=O)cn1. The molecule has 0 saturated heterocycles. The molecule has 3 heterocycles. The maximum absolute atomic E-state index is 13.2. The second-order valence-electron chi connectivity index (χ2n) is 7.22. The van der Waals surface area contributed by atoms with Crippen LogP contribution in [0.15, 0.2) is 47.1 Å². The number of aryl methyl sites for hydroxylation is 3. The van der Waals surface area contributed by atoms with Crippen molar-refractivity contribution in [3.63, 3.8) is 0 Å². The van der Waals surface area contributed by atoms with Crippen LogP contribution in [0.3, 0.4) is 0 Å². The number of nitrogens with zero attached hydrogens (tertiary/aromatic N) is 4. The standard InChI is InChI=1S/C21H20N4OS/c1-24-10-14(9-23-24)11-25-13-22-20-19(21(25)26)18(12-27-20)17-7-6-15-4-2-3-5-16(15)8-17/h6-10,12-13H,2-5,11H2,1H3. The molecule has 0 unspecified atom stereocenters. The van der Waals surface area contributed by atoms with Gasteiger partial charge in [0.15, 0.2) is 0 Å². The summed E-state index contributed by atoms with van der Waals surface area (Å²) in [6.45, 7) is 0.481. The minimum Gasteiger partial charge on any atom is -0.294 e. The smallest absolute Gasteiger partial charge is 0.263 e. The molecule has 0 fully saturated rings. The normalized spacial score (nSPS) is 13.8. The lowest BCUT2D eigenvalue weighted by molar-refractivity contribution is 0.686. The summed E-state index contributed by atoms with van der Waals surface area (Å²) in [7, 11) is 1.88. The van der Waals surface area contributed by atoms with E-state index in [4.69, 9.17) is 0 Å². The monoisotopic (exact) mass is 376 g/mol. The third-order valence-corrected chi connectivity index (χ3v) is 6.22. The minimum atomic E-state index is 0.0119. The van der Waals surface area contributed by atoms with Gasteiger partial charge in [0.1, 0.15) is 4.83 Å². The molecule has 3 aromatic heterocycles. The van der Waals surface area contributed by atoms with Gasteiger partial charge < -0.3 is 0 Å². The zero-order valence-corrected chi connectivity index (χ0v) is 16.0. The van der Waals surface area contributed by atoms with E-state index in [2.05, 4.69) is 33.7 Å². The van der Waals surface area contributed by atoms with E-state index in [1.807, 2.05) is 13.2 Å². The highest BCUT2D eigenvalue weighted by Gasteiger charge is 2.16. The molecule has 0 spiro atoms. The van der Waals surface area contributed by atoms with Crippen molar-refractivity contribution in [2.45, 2.75) is 32.2 Å². The third kappa shape index (κ3) is 2.90. The van der Waals surface area contributed by atoms with Crippen LogP contribution in [0.2, 0.25) is 0 Å². The van der Waals surface area contributed by atoms with Crippen LogP contribution in [0.4, 0.5) is 0 Å². The first kappa shape index (κ1) is 16.4. The summed E-state index contributed by atoms with van der Waals surface area (Å²) in [5, 5.41) is 6.98. The van der Waals surface area contributed by atoms with Gasteiger partial charge in [0.25, 0.3) is 5.56 Å². The fourth-order valence-electron chi connectivity index (χ4n) is 3.94. The van der Waals surface area contributed by atoms with E-state index < -0.39 is 0 Å². The Bertz CT molecular complexity index is 1200. The lowest BCUT2D eigenvalue weighted by Crippen LogP contribution is -2.20. The Morgan fingerprint density at radius 3 is 2.85 bits per heavy atom. The Kier molecular flexibility index (Phi) is 3.93. The molecule has 4 aromatic rings. The van der Waals surface area contributed by atoms with E-state index >= 15 is 0 Å². The molecule has 5 rings (SSSR count).